The average Bonchev–Trinajstić information content (AvgIpc) is 2.82. The summed E-state index contributed by atoms with van der Waals surface area (Å²) in [6.45, 7) is 1.92. The quantitative estimate of drug-likeness (QED) is 0.660. The molecule has 0 N–H and O–H groups in total. The number of amides is 2. The third-order valence-corrected chi connectivity index (χ3v) is 6.00. The van der Waals surface area contributed by atoms with Crippen molar-refractivity contribution in [3.63, 3.8) is 0 Å². The number of benzene rings is 2. The number of anilines is 1. The van der Waals surface area contributed by atoms with Gasteiger partial charge in [-0.3, -0.25) is 14.6 Å². The van der Waals surface area contributed by atoms with E-state index in [9.17, 15) is 9.59 Å². The zero-order valence-corrected chi connectivity index (χ0v) is 16.8. The lowest BCUT2D eigenvalue weighted by atomic mass is 9.99. The molecule has 5 rings (SSSR count). The van der Waals surface area contributed by atoms with E-state index in [2.05, 4.69) is 23.2 Å². The van der Waals surface area contributed by atoms with Gasteiger partial charge >= 0.3 is 0 Å². The van der Waals surface area contributed by atoms with E-state index in [1.807, 2.05) is 40.1 Å². The number of aryl methyl sites for hydroxylation is 1. The molecule has 0 unspecified atom stereocenters. The molecule has 0 bridgehead atoms. The molecule has 1 aromatic heterocycles. The highest BCUT2D eigenvalue weighted by Gasteiger charge is 2.26. The molecular formula is C25H23N3O2. The summed E-state index contributed by atoms with van der Waals surface area (Å²) >= 11 is 0. The van der Waals surface area contributed by atoms with Crippen LogP contribution >= 0.6 is 0 Å². The first-order chi connectivity index (χ1) is 14.7. The monoisotopic (exact) mass is 397 g/mol. The SMILES string of the molecule is O=C(c1cc(C(=O)N2CCCc3ccccc32)ccn1)N1CCc2ccccc2C1. The lowest BCUT2D eigenvalue weighted by Gasteiger charge is -2.30. The van der Waals surface area contributed by atoms with Crippen molar-refractivity contribution >= 4 is 17.5 Å². The Labute approximate surface area is 176 Å². The molecular weight excluding hydrogens is 374 g/mol. The minimum Gasteiger partial charge on any atom is -0.333 e. The van der Waals surface area contributed by atoms with Crippen LogP contribution < -0.4 is 4.90 Å². The summed E-state index contributed by atoms with van der Waals surface area (Å²) in [5.41, 5.74) is 5.45. The van der Waals surface area contributed by atoms with Crippen LogP contribution in [-0.4, -0.2) is 34.8 Å². The smallest absolute Gasteiger partial charge is 0.272 e. The Bertz CT molecular complexity index is 1120. The van der Waals surface area contributed by atoms with Gasteiger partial charge in [-0.15, -0.1) is 0 Å². The van der Waals surface area contributed by atoms with Crippen LogP contribution in [0.25, 0.3) is 0 Å². The second kappa shape index (κ2) is 7.75. The molecule has 0 spiro atoms. The second-order valence-corrected chi connectivity index (χ2v) is 7.86. The van der Waals surface area contributed by atoms with Gasteiger partial charge in [-0.05, 0) is 54.2 Å². The van der Waals surface area contributed by atoms with E-state index in [1.54, 1.807) is 18.3 Å². The Balaban J connectivity index is 1.39. The number of carbonyl (C=O) groups is 2. The summed E-state index contributed by atoms with van der Waals surface area (Å²) in [5, 5.41) is 0. The van der Waals surface area contributed by atoms with Crippen LogP contribution in [0.2, 0.25) is 0 Å². The van der Waals surface area contributed by atoms with E-state index >= 15 is 0 Å². The Hall–Kier alpha value is -3.47. The fourth-order valence-corrected chi connectivity index (χ4v) is 4.41. The number of hydrogen-bond acceptors (Lipinski definition) is 3. The van der Waals surface area contributed by atoms with Gasteiger partial charge in [0, 0.05) is 37.1 Å². The van der Waals surface area contributed by atoms with Crippen LogP contribution in [0, 0.1) is 0 Å². The normalized spacial score (nSPS) is 15.3. The third-order valence-electron chi connectivity index (χ3n) is 6.00. The molecule has 30 heavy (non-hydrogen) atoms. The van der Waals surface area contributed by atoms with Crippen molar-refractivity contribution in [3.8, 4) is 0 Å². The van der Waals surface area contributed by atoms with Crippen molar-refractivity contribution in [2.45, 2.75) is 25.8 Å². The molecule has 0 saturated heterocycles. The molecule has 0 atom stereocenters. The minimum absolute atomic E-state index is 0.0809. The molecule has 5 heteroatoms. The summed E-state index contributed by atoms with van der Waals surface area (Å²) in [4.78, 5) is 34.3. The Morgan fingerprint density at radius 2 is 1.57 bits per heavy atom. The molecule has 2 amide bonds. The van der Waals surface area contributed by atoms with Gasteiger partial charge in [0.1, 0.15) is 5.69 Å². The Morgan fingerprint density at radius 1 is 0.800 bits per heavy atom. The maximum atomic E-state index is 13.3. The predicted molar refractivity (Wildman–Crippen MR) is 116 cm³/mol. The highest BCUT2D eigenvalue weighted by atomic mass is 16.2. The zero-order valence-electron chi connectivity index (χ0n) is 16.8. The molecule has 3 aromatic rings. The standard InChI is InChI=1S/C25H23N3O2/c29-24(28-14-5-9-19-7-3-4-10-23(19)28)20-11-13-26-22(16-20)25(30)27-15-12-18-6-1-2-8-21(18)17-27/h1-4,6-8,10-11,13,16H,5,9,12,14-15,17H2. The molecule has 0 fully saturated rings. The van der Waals surface area contributed by atoms with Crippen LogP contribution in [0.3, 0.4) is 0 Å². The van der Waals surface area contributed by atoms with Crippen LogP contribution in [0.4, 0.5) is 5.69 Å². The van der Waals surface area contributed by atoms with Gasteiger partial charge in [-0.1, -0.05) is 42.5 Å². The molecule has 3 heterocycles. The highest BCUT2D eigenvalue weighted by Crippen LogP contribution is 2.28. The summed E-state index contributed by atoms with van der Waals surface area (Å²) in [5.74, 6) is -0.208. The van der Waals surface area contributed by atoms with E-state index in [4.69, 9.17) is 0 Å². The van der Waals surface area contributed by atoms with Crippen LogP contribution in [0.15, 0.2) is 66.9 Å². The van der Waals surface area contributed by atoms with Crippen LogP contribution in [0.5, 0.6) is 0 Å². The van der Waals surface area contributed by atoms with Crippen molar-refractivity contribution in [1.82, 2.24) is 9.88 Å². The first-order valence-corrected chi connectivity index (χ1v) is 10.4. The number of para-hydroxylation sites is 1. The molecule has 2 aliphatic rings. The van der Waals surface area contributed by atoms with E-state index in [0.29, 0.717) is 30.9 Å². The van der Waals surface area contributed by atoms with E-state index < -0.39 is 0 Å². The van der Waals surface area contributed by atoms with Crippen LogP contribution in [0.1, 0.15) is 44.0 Å². The molecule has 2 aromatic carbocycles. The second-order valence-electron chi connectivity index (χ2n) is 7.86. The van der Waals surface area contributed by atoms with E-state index in [-0.39, 0.29) is 11.8 Å². The lowest BCUT2D eigenvalue weighted by molar-refractivity contribution is 0.0728. The third kappa shape index (κ3) is 3.36. The topological polar surface area (TPSA) is 53.5 Å². The maximum Gasteiger partial charge on any atom is 0.272 e. The van der Waals surface area contributed by atoms with Crippen molar-refractivity contribution in [2.75, 3.05) is 18.0 Å². The number of pyridine rings is 1. The number of nitrogens with zero attached hydrogens (tertiary/aromatic N) is 3. The fourth-order valence-electron chi connectivity index (χ4n) is 4.41. The molecule has 5 nitrogen and oxygen atoms in total. The molecule has 0 aliphatic carbocycles. The predicted octanol–water partition coefficient (Wildman–Crippen LogP) is 3.87. The minimum atomic E-state index is -0.127. The van der Waals surface area contributed by atoms with Crippen LogP contribution in [-0.2, 0) is 19.4 Å². The number of rotatable bonds is 2. The lowest BCUT2D eigenvalue weighted by Crippen LogP contribution is -2.37. The van der Waals surface area contributed by atoms with Gasteiger partial charge in [0.25, 0.3) is 11.8 Å². The van der Waals surface area contributed by atoms with Gasteiger partial charge in [0.05, 0.1) is 0 Å². The highest BCUT2D eigenvalue weighted by molar-refractivity contribution is 6.07. The van der Waals surface area contributed by atoms with Gasteiger partial charge in [0.2, 0.25) is 0 Å². The average molecular weight is 397 g/mol. The molecule has 0 radical (unpaired) electrons. The summed E-state index contributed by atoms with van der Waals surface area (Å²) < 4.78 is 0. The Morgan fingerprint density at radius 3 is 2.43 bits per heavy atom. The van der Waals surface area contributed by atoms with E-state index in [1.165, 1.54) is 16.7 Å². The van der Waals surface area contributed by atoms with Gasteiger partial charge < -0.3 is 9.80 Å². The fraction of sp³-hybridized carbons (Fsp3) is 0.240. The van der Waals surface area contributed by atoms with Gasteiger partial charge in [0.15, 0.2) is 0 Å². The number of aromatic nitrogens is 1. The first kappa shape index (κ1) is 18.6. The largest absolute Gasteiger partial charge is 0.333 e. The van der Waals surface area contributed by atoms with Crippen molar-refractivity contribution < 1.29 is 9.59 Å². The van der Waals surface area contributed by atoms with Gasteiger partial charge in [-0.25, -0.2) is 0 Å². The van der Waals surface area contributed by atoms with E-state index in [0.717, 1.165) is 24.9 Å². The van der Waals surface area contributed by atoms with Crippen molar-refractivity contribution in [3.05, 3.63) is 94.8 Å². The van der Waals surface area contributed by atoms with Crippen molar-refractivity contribution in [2.24, 2.45) is 0 Å². The number of fused-ring (bicyclic) bond motifs is 2. The van der Waals surface area contributed by atoms with Crippen molar-refractivity contribution in [1.29, 1.82) is 0 Å². The maximum absolute atomic E-state index is 13.3. The number of hydrogen-bond donors (Lipinski definition) is 0. The number of carbonyl (C=O) groups excluding carboxylic acids is 2. The molecule has 150 valence electrons. The molecule has 2 aliphatic heterocycles. The summed E-state index contributed by atoms with van der Waals surface area (Å²) in [6, 6.07) is 19.6. The summed E-state index contributed by atoms with van der Waals surface area (Å²) in [7, 11) is 0. The van der Waals surface area contributed by atoms with Gasteiger partial charge in [-0.2, -0.15) is 0 Å². The summed E-state index contributed by atoms with van der Waals surface area (Å²) in [6.07, 6.45) is 4.32. The Kier molecular flexibility index (Phi) is 4.79. The first-order valence-electron chi connectivity index (χ1n) is 10.4. The zero-order chi connectivity index (χ0) is 20.5. The molecule has 0 saturated carbocycles.